The normalized spacial score (nSPS) is 17.5. The van der Waals surface area contributed by atoms with Crippen LogP contribution in [-0.2, 0) is 21.9 Å². The molecule has 33 heavy (non-hydrogen) atoms. The molecule has 0 spiro atoms. The summed E-state index contributed by atoms with van der Waals surface area (Å²) < 4.78 is 29.8. The van der Waals surface area contributed by atoms with Crippen molar-refractivity contribution in [3.8, 4) is 11.3 Å². The first-order valence-corrected chi connectivity index (χ1v) is 12.5. The molecule has 4 heteroatoms. The van der Waals surface area contributed by atoms with Crippen molar-refractivity contribution in [3.05, 3.63) is 126 Å². The Morgan fingerprint density at radius 3 is 2.09 bits per heavy atom. The number of nitrogens with zero attached hydrogens (tertiary/aromatic N) is 1. The molecule has 5 aromatic rings. The van der Waals surface area contributed by atoms with Crippen molar-refractivity contribution >= 4 is 20.9 Å². The van der Waals surface area contributed by atoms with Gasteiger partial charge in [0.1, 0.15) is 0 Å². The number of fused-ring (bicyclic) bond motifs is 5. The predicted molar refractivity (Wildman–Crippen MR) is 133 cm³/mol. The Hall–Kier alpha value is -3.63. The van der Waals surface area contributed by atoms with Crippen LogP contribution in [0.2, 0.25) is 0 Å². The van der Waals surface area contributed by atoms with Crippen LogP contribution in [-0.4, -0.2) is 12.4 Å². The number of para-hydroxylation sites is 1. The third kappa shape index (κ3) is 2.84. The molecule has 1 aliphatic rings. The molecular formula is C29H23NO2S. The summed E-state index contributed by atoms with van der Waals surface area (Å²) in [6.45, 7) is 2.24. The molecule has 0 aliphatic heterocycles. The van der Waals surface area contributed by atoms with Gasteiger partial charge in [-0.05, 0) is 41.3 Å². The summed E-state index contributed by atoms with van der Waals surface area (Å²) in [5.41, 5.74) is 5.50. The SMILES string of the molecule is CC1(c2ccccc2)Cc2ccccc2-c2c1c1ccccc1n2S(=O)(=O)c1ccccc1. The highest BCUT2D eigenvalue weighted by atomic mass is 32.2. The van der Waals surface area contributed by atoms with E-state index in [1.165, 1.54) is 5.56 Å². The molecule has 0 saturated heterocycles. The van der Waals surface area contributed by atoms with Crippen molar-refractivity contribution in [2.24, 2.45) is 0 Å². The Morgan fingerprint density at radius 2 is 1.33 bits per heavy atom. The molecule has 1 aromatic heterocycles. The maximum atomic E-state index is 14.1. The standard InChI is InChI=1S/C29H23NO2S/c1-29(22-13-4-2-5-14-22)20-21-12-8-9-17-24(21)28-27(29)25-18-10-11-19-26(25)30(28)33(31,32)23-15-6-3-7-16-23/h2-19H,20H2,1H3. The molecule has 0 bridgehead atoms. The Bertz CT molecular complexity index is 1600. The molecule has 0 amide bonds. The Kier molecular flexibility index (Phi) is 4.36. The zero-order chi connectivity index (χ0) is 22.6. The fourth-order valence-corrected chi connectivity index (χ4v) is 6.95. The minimum atomic E-state index is -3.82. The van der Waals surface area contributed by atoms with Gasteiger partial charge in [0.05, 0.1) is 16.1 Å². The molecule has 0 radical (unpaired) electrons. The first kappa shape index (κ1) is 20.0. The molecule has 162 valence electrons. The number of benzene rings is 4. The van der Waals surface area contributed by atoms with Crippen LogP contribution >= 0.6 is 0 Å². The maximum absolute atomic E-state index is 14.1. The summed E-state index contributed by atoms with van der Waals surface area (Å²) in [4.78, 5) is 0.290. The summed E-state index contributed by atoms with van der Waals surface area (Å²) in [5, 5.41) is 0.980. The number of hydrogen-bond acceptors (Lipinski definition) is 2. The van der Waals surface area contributed by atoms with Gasteiger partial charge in [0, 0.05) is 16.4 Å². The van der Waals surface area contributed by atoms with Crippen molar-refractivity contribution in [1.29, 1.82) is 0 Å². The van der Waals surface area contributed by atoms with E-state index in [0.29, 0.717) is 5.52 Å². The largest absolute Gasteiger partial charge is 0.268 e. The van der Waals surface area contributed by atoms with Gasteiger partial charge in [0.25, 0.3) is 10.0 Å². The molecule has 3 nitrogen and oxygen atoms in total. The van der Waals surface area contributed by atoms with Crippen molar-refractivity contribution in [2.75, 3.05) is 0 Å². The smallest absolute Gasteiger partial charge is 0.233 e. The molecule has 4 aromatic carbocycles. The lowest BCUT2D eigenvalue weighted by atomic mass is 9.66. The summed E-state index contributed by atoms with van der Waals surface area (Å²) in [5.74, 6) is 0. The van der Waals surface area contributed by atoms with Gasteiger partial charge < -0.3 is 0 Å². The number of aromatic nitrogens is 1. The highest BCUT2D eigenvalue weighted by Gasteiger charge is 2.42. The van der Waals surface area contributed by atoms with Crippen LogP contribution in [0.3, 0.4) is 0 Å². The van der Waals surface area contributed by atoms with E-state index in [4.69, 9.17) is 0 Å². The van der Waals surface area contributed by atoms with Crippen LogP contribution < -0.4 is 0 Å². The van der Waals surface area contributed by atoms with Gasteiger partial charge in [0.2, 0.25) is 0 Å². The first-order chi connectivity index (χ1) is 16.0. The van der Waals surface area contributed by atoms with Gasteiger partial charge in [-0.25, -0.2) is 12.4 Å². The quantitative estimate of drug-likeness (QED) is 0.319. The average molecular weight is 450 g/mol. The predicted octanol–water partition coefficient (Wildman–Crippen LogP) is 6.41. The van der Waals surface area contributed by atoms with Crippen molar-refractivity contribution in [3.63, 3.8) is 0 Å². The van der Waals surface area contributed by atoms with Crippen LogP contribution in [0.4, 0.5) is 0 Å². The Morgan fingerprint density at radius 1 is 0.727 bits per heavy atom. The van der Waals surface area contributed by atoms with Crippen molar-refractivity contribution in [1.82, 2.24) is 3.97 Å². The van der Waals surface area contributed by atoms with E-state index >= 15 is 0 Å². The lowest BCUT2D eigenvalue weighted by molar-refractivity contribution is 0.563. The van der Waals surface area contributed by atoms with Crippen LogP contribution in [0.25, 0.3) is 22.2 Å². The van der Waals surface area contributed by atoms with E-state index in [1.54, 1.807) is 28.2 Å². The summed E-state index contributed by atoms with van der Waals surface area (Å²) in [6.07, 6.45) is 0.805. The molecule has 0 fully saturated rings. The minimum Gasteiger partial charge on any atom is -0.233 e. The van der Waals surface area contributed by atoms with Gasteiger partial charge in [-0.2, -0.15) is 0 Å². The lowest BCUT2D eigenvalue weighted by Gasteiger charge is -2.37. The topological polar surface area (TPSA) is 39.1 Å². The van der Waals surface area contributed by atoms with Gasteiger partial charge in [-0.1, -0.05) is 97.9 Å². The van der Waals surface area contributed by atoms with Crippen LogP contribution in [0.15, 0.2) is 114 Å². The molecule has 0 saturated carbocycles. The molecule has 6 rings (SSSR count). The van der Waals surface area contributed by atoms with Crippen LogP contribution in [0, 0.1) is 0 Å². The highest BCUT2D eigenvalue weighted by molar-refractivity contribution is 7.90. The highest BCUT2D eigenvalue weighted by Crippen LogP contribution is 2.51. The van der Waals surface area contributed by atoms with Gasteiger partial charge in [-0.15, -0.1) is 0 Å². The van der Waals surface area contributed by atoms with E-state index < -0.39 is 10.0 Å². The third-order valence-electron chi connectivity index (χ3n) is 6.89. The molecule has 1 heterocycles. The second kappa shape index (κ2) is 7.19. The molecular weight excluding hydrogens is 426 g/mol. The lowest BCUT2D eigenvalue weighted by Crippen LogP contribution is -2.31. The van der Waals surface area contributed by atoms with Crippen molar-refractivity contribution in [2.45, 2.75) is 23.7 Å². The summed E-state index contributed by atoms with van der Waals surface area (Å²) in [6, 6.07) is 35.2. The number of hydrogen-bond donors (Lipinski definition) is 0. The monoisotopic (exact) mass is 449 g/mol. The van der Waals surface area contributed by atoms with E-state index in [2.05, 4.69) is 49.4 Å². The fourth-order valence-electron chi connectivity index (χ4n) is 5.39. The first-order valence-electron chi connectivity index (χ1n) is 11.1. The van der Waals surface area contributed by atoms with E-state index in [1.807, 2.05) is 42.5 Å². The minimum absolute atomic E-state index is 0.290. The van der Waals surface area contributed by atoms with E-state index in [0.717, 1.165) is 34.2 Å². The molecule has 1 atom stereocenters. The molecule has 1 unspecified atom stereocenters. The molecule has 1 aliphatic carbocycles. The zero-order valence-corrected chi connectivity index (χ0v) is 19.1. The van der Waals surface area contributed by atoms with Gasteiger partial charge in [-0.3, -0.25) is 0 Å². The molecule has 0 N–H and O–H groups in total. The van der Waals surface area contributed by atoms with Gasteiger partial charge in [0.15, 0.2) is 0 Å². The van der Waals surface area contributed by atoms with Crippen LogP contribution in [0.1, 0.15) is 23.6 Å². The summed E-state index contributed by atoms with van der Waals surface area (Å²) in [7, 11) is -3.82. The average Bonchev–Trinajstić information content (AvgIpc) is 3.22. The van der Waals surface area contributed by atoms with E-state index in [-0.39, 0.29) is 10.3 Å². The zero-order valence-electron chi connectivity index (χ0n) is 18.3. The van der Waals surface area contributed by atoms with Crippen LogP contribution in [0.5, 0.6) is 0 Å². The second-order valence-electron chi connectivity index (χ2n) is 8.86. The third-order valence-corrected chi connectivity index (χ3v) is 8.62. The summed E-state index contributed by atoms with van der Waals surface area (Å²) >= 11 is 0. The second-order valence-corrected chi connectivity index (χ2v) is 10.6. The van der Waals surface area contributed by atoms with E-state index in [9.17, 15) is 8.42 Å². The van der Waals surface area contributed by atoms with Crippen molar-refractivity contribution < 1.29 is 8.42 Å². The van der Waals surface area contributed by atoms with Gasteiger partial charge >= 0.3 is 0 Å². The Labute approximate surface area is 194 Å². The number of rotatable bonds is 3. The Balaban J connectivity index is 1.80. The maximum Gasteiger partial charge on any atom is 0.268 e. The fraction of sp³-hybridized carbons (Fsp3) is 0.103.